The lowest BCUT2D eigenvalue weighted by Crippen LogP contribution is -2.38. The first-order valence-corrected chi connectivity index (χ1v) is 4.54. The summed E-state index contributed by atoms with van der Waals surface area (Å²) in [6.07, 6.45) is 1.70. The molecule has 0 unspecified atom stereocenters. The van der Waals surface area contributed by atoms with Crippen LogP contribution >= 0.6 is 0 Å². The van der Waals surface area contributed by atoms with Crippen molar-refractivity contribution in [1.82, 2.24) is 4.90 Å². The maximum Gasteiger partial charge on any atom is 0.396 e. The van der Waals surface area contributed by atoms with Gasteiger partial charge in [0.15, 0.2) is 0 Å². The molecule has 0 heterocycles. The molecule has 4 nitrogen and oxygen atoms in total. The zero-order valence-electron chi connectivity index (χ0n) is 8.50. The average Bonchev–Trinajstić information content (AvgIpc) is 2.15. The first-order valence-electron chi connectivity index (χ1n) is 4.54. The molecule has 0 bridgehead atoms. The Labute approximate surface area is 78.9 Å². The van der Waals surface area contributed by atoms with Crippen LogP contribution < -0.4 is 0 Å². The highest BCUT2D eigenvalue weighted by molar-refractivity contribution is 6.32. The largest absolute Gasteiger partial charge is 0.462 e. The van der Waals surface area contributed by atoms with E-state index in [0.29, 0.717) is 13.1 Å². The van der Waals surface area contributed by atoms with Crippen molar-refractivity contribution in [3.8, 4) is 0 Å². The highest BCUT2D eigenvalue weighted by Crippen LogP contribution is 1.96. The van der Waals surface area contributed by atoms with Gasteiger partial charge in [-0.05, 0) is 12.8 Å². The fraction of sp³-hybridized carbons (Fsp3) is 0.778. The van der Waals surface area contributed by atoms with Gasteiger partial charge >= 0.3 is 11.9 Å². The van der Waals surface area contributed by atoms with Crippen LogP contribution in [0, 0.1) is 0 Å². The van der Waals surface area contributed by atoms with Crippen LogP contribution in [0.3, 0.4) is 0 Å². The van der Waals surface area contributed by atoms with Crippen LogP contribution in [0.25, 0.3) is 0 Å². The fourth-order valence-electron chi connectivity index (χ4n) is 1.07. The summed E-state index contributed by atoms with van der Waals surface area (Å²) in [7, 11) is 1.22. The number of methoxy groups -OCH3 is 1. The van der Waals surface area contributed by atoms with E-state index >= 15 is 0 Å². The van der Waals surface area contributed by atoms with Gasteiger partial charge in [0, 0.05) is 13.1 Å². The second-order valence-electron chi connectivity index (χ2n) is 2.78. The standard InChI is InChI=1S/C9H17NO3/c1-4-6-10(7-5-2)8(11)9(12)13-3/h4-7H2,1-3H3. The zero-order chi connectivity index (χ0) is 10.3. The van der Waals surface area contributed by atoms with E-state index in [0.717, 1.165) is 12.8 Å². The van der Waals surface area contributed by atoms with Gasteiger partial charge in [-0.2, -0.15) is 0 Å². The van der Waals surface area contributed by atoms with Gasteiger partial charge in [0.1, 0.15) is 0 Å². The summed E-state index contributed by atoms with van der Waals surface area (Å²) < 4.78 is 4.36. The predicted octanol–water partition coefficient (Wildman–Crippen LogP) is 0.808. The molecule has 0 fully saturated rings. The van der Waals surface area contributed by atoms with E-state index in [1.165, 1.54) is 12.0 Å². The number of amides is 1. The van der Waals surface area contributed by atoms with Crippen molar-refractivity contribution in [1.29, 1.82) is 0 Å². The molecule has 0 aromatic rings. The predicted molar refractivity (Wildman–Crippen MR) is 49.2 cm³/mol. The average molecular weight is 187 g/mol. The summed E-state index contributed by atoms with van der Waals surface area (Å²) in [4.78, 5) is 23.7. The molecule has 0 aromatic carbocycles. The van der Waals surface area contributed by atoms with Gasteiger partial charge in [0.2, 0.25) is 0 Å². The van der Waals surface area contributed by atoms with Gasteiger partial charge in [-0.1, -0.05) is 13.8 Å². The molecule has 76 valence electrons. The Morgan fingerprint density at radius 3 is 1.92 bits per heavy atom. The summed E-state index contributed by atoms with van der Waals surface area (Å²) in [5.74, 6) is -1.31. The van der Waals surface area contributed by atoms with E-state index in [9.17, 15) is 9.59 Å². The summed E-state index contributed by atoms with van der Waals surface area (Å²) >= 11 is 0. The molecule has 0 atom stereocenters. The molecular formula is C9H17NO3. The van der Waals surface area contributed by atoms with Crippen molar-refractivity contribution in [2.75, 3.05) is 20.2 Å². The Kier molecular flexibility index (Phi) is 5.93. The van der Waals surface area contributed by atoms with E-state index in [-0.39, 0.29) is 0 Å². The first kappa shape index (κ1) is 11.9. The number of rotatable bonds is 4. The van der Waals surface area contributed by atoms with Crippen molar-refractivity contribution in [2.45, 2.75) is 26.7 Å². The van der Waals surface area contributed by atoms with Crippen molar-refractivity contribution >= 4 is 11.9 Å². The molecule has 0 saturated heterocycles. The number of hydrogen-bond acceptors (Lipinski definition) is 3. The molecule has 0 rings (SSSR count). The monoisotopic (exact) mass is 187 g/mol. The molecule has 0 aliphatic rings. The normalized spacial score (nSPS) is 9.46. The molecule has 4 heteroatoms. The van der Waals surface area contributed by atoms with Gasteiger partial charge in [0.25, 0.3) is 0 Å². The number of carbonyl (C=O) groups excluding carboxylic acids is 2. The molecule has 0 aliphatic heterocycles. The Balaban J connectivity index is 4.18. The molecular weight excluding hydrogens is 170 g/mol. The van der Waals surface area contributed by atoms with Gasteiger partial charge in [-0.15, -0.1) is 0 Å². The molecule has 1 amide bonds. The number of carbonyl (C=O) groups is 2. The minimum atomic E-state index is -0.776. The first-order chi connectivity index (χ1) is 6.17. The van der Waals surface area contributed by atoms with E-state index in [4.69, 9.17) is 0 Å². The lowest BCUT2D eigenvalue weighted by atomic mass is 10.3. The SMILES string of the molecule is CCCN(CCC)C(=O)C(=O)OC. The highest BCUT2D eigenvalue weighted by Gasteiger charge is 2.20. The molecule has 0 saturated carbocycles. The fourth-order valence-corrected chi connectivity index (χ4v) is 1.07. The zero-order valence-corrected chi connectivity index (χ0v) is 8.50. The van der Waals surface area contributed by atoms with Crippen molar-refractivity contribution in [2.24, 2.45) is 0 Å². The number of esters is 1. The third kappa shape index (κ3) is 3.92. The van der Waals surface area contributed by atoms with E-state index in [1.54, 1.807) is 0 Å². The third-order valence-corrected chi connectivity index (χ3v) is 1.63. The number of ether oxygens (including phenoxy) is 1. The minimum absolute atomic E-state index is 0.536. The van der Waals surface area contributed by atoms with Crippen LogP contribution in [0.5, 0.6) is 0 Å². The van der Waals surface area contributed by atoms with E-state index < -0.39 is 11.9 Å². The van der Waals surface area contributed by atoms with Crippen molar-refractivity contribution in [3.05, 3.63) is 0 Å². The van der Waals surface area contributed by atoms with Gasteiger partial charge in [-0.25, -0.2) is 4.79 Å². The summed E-state index contributed by atoms with van der Waals surface area (Å²) in [5, 5.41) is 0. The Morgan fingerprint density at radius 1 is 1.15 bits per heavy atom. The van der Waals surface area contributed by atoms with Gasteiger partial charge in [-0.3, -0.25) is 4.79 Å². The smallest absolute Gasteiger partial charge is 0.396 e. The van der Waals surface area contributed by atoms with Crippen molar-refractivity contribution in [3.63, 3.8) is 0 Å². The van der Waals surface area contributed by atoms with Crippen LogP contribution in [0.15, 0.2) is 0 Å². The van der Waals surface area contributed by atoms with Crippen LogP contribution in [-0.2, 0) is 14.3 Å². The molecule has 0 N–H and O–H groups in total. The Bertz CT molecular complexity index is 174. The lowest BCUT2D eigenvalue weighted by molar-refractivity contribution is -0.158. The molecule has 0 aliphatic carbocycles. The lowest BCUT2D eigenvalue weighted by Gasteiger charge is -2.19. The molecule has 13 heavy (non-hydrogen) atoms. The molecule has 0 radical (unpaired) electrons. The highest BCUT2D eigenvalue weighted by atomic mass is 16.5. The van der Waals surface area contributed by atoms with Crippen LogP contribution in [0.4, 0.5) is 0 Å². The van der Waals surface area contributed by atoms with Gasteiger partial charge < -0.3 is 9.64 Å². The van der Waals surface area contributed by atoms with Crippen LogP contribution in [0.1, 0.15) is 26.7 Å². The number of hydrogen-bond donors (Lipinski definition) is 0. The Morgan fingerprint density at radius 2 is 1.62 bits per heavy atom. The second kappa shape index (κ2) is 6.46. The van der Waals surface area contributed by atoms with E-state index in [2.05, 4.69) is 4.74 Å². The quantitative estimate of drug-likeness (QED) is 0.483. The molecule has 0 spiro atoms. The maximum absolute atomic E-state index is 11.3. The maximum atomic E-state index is 11.3. The summed E-state index contributed by atoms with van der Waals surface area (Å²) in [6, 6.07) is 0. The minimum Gasteiger partial charge on any atom is -0.462 e. The number of nitrogens with zero attached hydrogens (tertiary/aromatic N) is 1. The van der Waals surface area contributed by atoms with Crippen LogP contribution in [-0.4, -0.2) is 37.0 Å². The second-order valence-corrected chi connectivity index (χ2v) is 2.78. The van der Waals surface area contributed by atoms with Crippen molar-refractivity contribution < 1.29 is 14.3 Å². The third-order valence-electron chi connectivity index (χ3n) is 1.63. The summed E-state index contributed by atoms with van der Waals surface area (Å²) in [5.41, 5.74) is 0. The van der Waals surface area contributed by atoms with E-state index in [1.807, 2.05) is 13.8 Å². The molecule has 0 aromatic heterocycles. The van der Waals surface area contributed by atoms with Crippen LogP contribution in [0.2, 0.25) is 0 Å². The van der Waals surface area contributed by atoms with Gasteiger partial charge in [0.05, 0.1) is 7.11 Å². The summed E-state index contributed by atoms with van der Waals surface area (Å²) in [6.45, 7) is 5.16. The topological polar surface area (TPSA) is 46.6 Å². The Hall–Kier alpha value is -1.06.